The molecule has 0 unspecified atom stereocenters. The molecule has 0 atom stereocenters. The summed E-state index contributed by atoms with van der Waals surface area (Å²) in [5.41, 5.74) is 7.89. The lowest BCUT2D eigenvalue weighted by atomic mass is 10.1. The van der Waals surface area contributed by atoms with E-state index in [-0.39, 0.29) is 5.91 Å². The predicted molar refractivity (Wildman–Crippen MR) is 152 cm³/mol. The highest BCUT2D eigenvalue weighted by atomic mass is 79.9. The lowest BCUT2D eigenvalue weighted by molar-refractivity contribution is 0.0955. The van der Waals surface area contributed by atoms with Gasteiger partial charge in [-0.3, -0.25) is 4.79 Å². The normalized spacial score (nSPS) is 11.0. The minimum absolute atomic E-state index is 0.291. The summed E-state index contributed by atoms with van der Waals surface area (Å²) >= 11 is 5.01. The van der Waals surface area contributed by atoms with E-state index in [4.69, 9.17) is 4.74 Å². The number of thiazole rings is 1. The first-order valence-corrected chi connectivity index (χ1v) is 13.3. The molecule has 8 heteroatoms. The number of nitrogens with zero attached hydrogens (tertiary/aromatic N) is 2. The Morgan fingerprint density at radius 1 is 1.11 bits per heavy atom. The number of carbonyl (C=O) groups excluding carboxylic acids is 1. The molecule has 36 heavy (non-hydrogen) atoms. The fraction of sp³-hybridized carbons (Fsp3) is 0.179. The second-order valence-corrected chi connectivity index (χ2v) is 9.96. The van der Waals surface area contributed by atoms with Gasteiger partial charge in [0.05, 0.1) is 18.5 Å². The molecule has 0 radical (unpaired) electrons. The van der Waals surface area contributed by atoms with Crippen molar-refractivity contribution in [1.29, 1.82) is 0 Å². The van der Waals surface area contributed by atoms with Gasteiger partial charge in [-0.2, -0.15) is 5.10 Å². The van der Waals surface area contributed by atoms with E-state index in [1.54, 1.807) is 18.3 Å². The summed E-state index contributed by atoms with van der Waals surface area (Å²) < 4.78 is 6.75. The van der Waals surface area contributed by atoms with Crippen LogP contribution in [0.5, 0.6) is 5.75 Å². The highest BCUT2D eigenvalue weighted by Crippen LogP contribution is 2.27. The molecule has 2 N–H and O–H groups in total. The smallest absolute Gasteiger partial charge is 0.271 e. The molecule has 0 aliphatic carbocycles. The number of hydrogen-bond donors (Lipinski definition) is 2. The number of unbranched alkanes of at least 4 members (excludes halogenated alkanes) is 1. The van der Waals surface area contributed by atoms with Crippen LogP contribution in [-0.4, -0.2) is 23.7 Å². The number of anilines is 2. The lowest BCUT2D eigenvalue weighted by Gasteiger charge is -2.09. The molecule has 4 aromatic rings. The predicted octanol–water partition coefficient (Wildman–Crippen LogP) is 7.57. The summed E-state index contributed by atoms with van der Waals surface area (Å²) in [5.74, 6) is 0.440. The molecule has 0 saturated heterocycles. The highest BCUT2D eigenvalue weighted by Gasteiger charge is 2.09. The highest BCUT2D eigenvalue weighted by molar-refractivity contribution is 9.10. The quantitative estimate of drug-likeness (QED) is 0.119. The molecule has 0 bridgehead atoms. The van der Waals surface area contributed by atoms with Gasteiger partial charge >= 0.3 is 0 Å². The molecule has 6 nitrogen and oxygen atoms in total. The third-order valence-electron chi connectivity index (χ3n) is 5.35. The number of aromatic nitrogens is 1. The zero-order valence-corrected chi connectivity index (χ0v) is 22.5. The van der Waals surface area contributed by atoms with Crippen LogP contribution in [0.2, 0.25) is 0 Å². The summed E-state index contributed by atoms with van der Waals surface area (Å²) in [5, 5.41) is 10.3. The van der Waals surface area contributed by atoms with Gasteiger partial charge in [0.1, 0.15) is 5.75 Å². The maximum Gasteiger partial charge on any atom is 0.271 e. The van der Waals surface area contributed by atoms with Crippen LogP contribution >= 0.6 is 27.3 Å². The fourth-order valence-corrected chi connectivity index (χ4v) is 4.44. The van der Waals surface area contributed by atoms with Gasteiger partial charge in [0.15, 0.2) is 5.13 Å². The Hall–Kier alpha value is -3.49. The first-order chi connectivity index (χ1) is 17.5. The van der Waals surface area contributed by atoms with Crippen molar-refractivity contribution < 1.29 is 9.53 Å². The van der Waals surface area contributed by atoms with Crippen molar-refractivity contribution in [2.75, 3.05) is 11.9 Å². The Morgan fingerprint density at radius 2 is 1.89 bits per heavy atom. The number of hydrogen-bond acceptors (Lipinski definition) is 6. The summed E-state index contributed by atoms with van der Waals surface area (Å²) in [6, 6.07) is 21.2. The van der Waals surface area contributed by atoms with Crippen LogP contribution in [0.1, 0.15) is 41.3 Å². The van der Waals surface area contributed by atoms with E-state index in [0.717, 1.165) is 50.7 Å². The van der Waals surface area contributed by atoms with E-state index in [1.165, 1.54) is 16.9 Å². The van der Waals surface area contributed by atoms with E-state index in [2.05, 4.69) is 62.7 Å². The zero-order valence-electron chi connectivity index (χ0n) is 20.1. The van der Waals surface area contributed by atoms with E-state index < -0.39 is 0 Å². The largest absolute Gasteiger partial charge is 0.493 e. The standard InChI is InChI=1S/C28H27BrN4O2S/c1-3-4-15-35-26-14-11-23(29)16-22(26)17-30-33-27(34)21-9-7-20(8-10-21)25-18-36-28(32-25)31-24-12-5-19(2)6-13-24/h5-14,16-18H,3-4,15H2,1-2H3,(H,31,32)(H,33,34)/b30-17+. The molecule has 184 valence electrons. The summed E-state index contributed by atoms with van der Waals surface area (Å²) in [7, 11) is 0. The zero-order chi connectivity index (χ0) is 25.3. The number of hydrazone groups is 1. The van der Waals surface area contributed by atoms with Gasteiger partial charge in [0, 0.05) is 32.2 Å². The SMILES string of the molecule is CCCCOc1ccc(Br)cc1/C=N/NC(=O)c1ccc(-c2csc(Nc3ccc(C)cc3)n2)cc1. The van der Waals surface area contributed by atoms with Crippen LogP contribution in [0.4, 0.5) is 10.8 Å². The van der Waals surface area contributed by atoms with Crippen LogP contribution in [0.25, 0.3) is 11.3 Å². The second-order valence-electron chi connectivity index (χ2n) is 8.19. The average Bonchev–Trinajstić information content (AvgIpc) is 3.35. The maximum absolute atomic E-state index is 12.6. The van der Waals surface area contributed by atoms with Crippen molar-refractivity contribution in [3.63, 3.8) is 0 Å². The third kappa shape index (κ3) is 7.02. The van der Waals surface area contributed by atoms with Gasteiger partial charge in [0.25, 0.3) is 5.91 Å². The molecular weight excluding hydrogens is 536 g/mol. The number of carbonyl (C=O) groups is 1. The topological polar surface area (TPSA) is 75.6 Å². The van der Waals surface area contributed by atoms with Crippen molar-refractivity contribution in [2.45, 2.75) is 26.7 Å². The average molecular weight is 564 g/mol. The van der Waals surface area contributed by atoms with Crippen LogP contribution in [-0.2, 0) is 0 Å². The van der Waals surface area contributed by atoms with Crippen LogP contribution in [0.3, 0.4) is 0 Å². The van der Waals surface area contributed by atoms with E-state index >= 15 is 0 Å². The van der Waals surface area contributed by atoms with Gasteiger partial charge in [0.2, 0.25) is 0 Å². The summed E-state index contributed by atoms with van der Waals surface area (Å²) in [4.78, 5) is 17.3. The number of benzene rings is 3. The van der Waals surface area contributed by atoms with Gasteiger partial charge in [-0.05, 0) is 55.8 Å². The molecule has 1 heterocycles. The number of aryl methyl sites for hydroxylation is 1. The Bertz CT molecular complexity index is 1330. The number of halogens is 1. The van der Waals surface area contributed by atoms with Crippen molar-refractivity contribution >= 4 is 50.2 Å². The Labute approximate surface area is 223 Å². The molecule has 0 aliphatic heterocycles. The first-order valence-electron chi connectivity index (χ1n) is 11.7. The molecule has 0 fully saturated rings. The van der Waals surface area contributed by atoms with E-state index in [0.29, 0.717) is 12.2 Å². The monoisotopic (exact) mass is 562 g/mol. The molecule has 0 saturated carbocycles. The Morgan fingerprint density at radius 3 is 2.64 bits per heavy atom. The lowest BCUT2D eigenvalue weighted by Crippen LogP contribution is -2.17. The molecule has 0 aliphatic rings. The molecule has 3 aromatic carbocycles. The number of ether oxygens (including phenoxy) is 1. The van der Waals surface area contributed by atoms with Gasteiger partial charge in [-0.1, -0.05) is 59.1 Å². The number of rotatable bonds is 10. The molecule has 1 aromatic heterocycles. The van der Waals surface area contributed by atoms with Gasteiger partial charge < -0.3 is 10.1 Å². The minimum Gasteiger partial charge on any atom is -0.493 e. The first kappa shape index (κ1) is 25.6. The van der Waals surface area contributed by atoms with Crippen molar-refractivity contribution in [3.8, 4) is 17.0 Å². The molecule has 4 rings (SSSR count). The number of nitrogens with one attached hydrogen (secondary N) is 2. The molecular formula is C28H27BrN4O2S. The van der Waals surface area contributed by atoms with E-state index in [1.807, 2.05) is 47.8 Å². The maximum atomic E-state index is 12.6. The summed E-state index contributed by atoms with van der Waals surface area (Å²) in [6.07, 6.45) is 3.63. The molecule has 1 amide bonds. The molecule has 0 spiro atoms. The fourth-order valence-electron chi connectivity index (χ4n) is 3.32. The van der Waals surface area contributed by atoms with Crippen molar-refractivity contribution in [3.05, 3.63) is 93.3 Å². The summed E-state index contributed by atoms with van der Waals surface area (Å²) in [6.45, 7) is 4.82. The third-order valence-corrected chi connectivity index (χ3v) is 6.60. The minimum atomic E-state index is -0.291. The van der Waals surface area contributed by atoms with E-state index in [9.17, 15) is 4.79 Å². The van der Waals surface area contributed by atoms with Crippen molar-refractivity contribution in [2.24, 2.45) is 5.10 Å². The number of amides is 1. The van der Waals surface area contributed by atoms with Gasteiger partial charge in [-0.15, -0.1) is 11.3 Å². The van der Waals surface area contributed by atoms with Crippen LogP contribution in [0, 0.1) is 6.92 Å². The van der Waals surface area contributed by atoms with Crippen LogP contribution < -0.4 is 15.5 Å². The van der Waals surface area contributed by atoms with Crippen molar-refractivity contribution in [1.82, 2.24) is 10.4 Å². The Balaban J connectivity index is 1.36. The van der Waals surface area contributed by atoms with Gasteiger partial charge in [-0.25, -0.2) is 10.4 Å². The second kappa shape index (κ2) is 12.5. The van der Waals surface area contributed by atoms with Crippen LogP contribution in [0.15, 0.2) is 81.7 Å². The Kier molecular flexibility index (Phi) is 8.86.